The second kappa shape index (κ2) is 7.01. The predicted molar refractivity (Wildman–Crippen MR) is 48.1 cm³/mol. The van der Waals surface area contributed by atoms with E-state index >= 15 is 0 Å². The van der Waals surface area contributed by atoms with Crippen LogP contribution in [-0.4, -0.2) is 6.43 Å². The molecule has 69 valence electrons. The van der Waals surface area contributed by atoms with Gasteiger partial charge in [-0.2, -0.15) is 0 Å². The van der Waals surface area contributed by atoms with Crippen LogP contribution >= 0.6 is 0 Å². The molecule has 0 aromatic heterocycles. The van der Waals surface area contributed by atoms with Crippen LogP contribution < -0.4 is 0 Å². The van der Waals surface area contributed by atoms with E-state index in [0.717, 1.165) is 12.8 Å². The number of hydrogen-bond acceptors (Lipinski definition) is 0. The fourth-order valence-corrected chi connectivity index (χ4v) is 0.930. The highest BCUT2D eigenvalue weighted by Gasteiger charge is 2.16. The third kappa shape index (κ3) is 5.05. The summed E-state index contributed by atoms with van der Waals surface area (Å²) < 4.78 is 24.4. The lowest BCUT2D eigenvalue weighted by atomic mass is 10.0. The third-order valence-corrected chi connectivity index (χ3v) is 1.53. The van der Waals surface area contributed by atoms with Crippen LogP contribution in [0.4, 0.5) is 8.78 Å². The largest absolute Gasteiger partial charge is 0.248 e. The molecular formula is C10H15F2. The van der Waals surface area contributed by atoms with Gasteiger partial charge in [-0.05, 0) is 26.2 Å². The smallest absolute Gasteiger partial charge is 0.209 e. The maximum Gasteiger partial charge on any atom is 0.248 e. The van der Waals surface area contributed by atoms with Crippen molar-refractivity contribution in [2.75, 3.05) is 0 Å². The second-order valence-electron chi connectivity index (χ2n) is 2.56. The van der Waals surface area contributed by atoms with Gasteiger partial charge in [0.15, 0.2) is 0 Å². The van der Waals surface area contributed by atoms with Crippen molar-refractivity contribution in [2.24, 2.45) is 0 Å². The topological polar surface area (TPSA) is 0 Å². The molecule has 0 amide bonds. The van der Waals surface area contributed by atoms with Crippen molar-refractivity contribution in [1.29, 1.82) is 0 Å². The minimum absolute atomic E-state index is 0.222. The van der Waals surface area contributed by atoms with Gasteiger partial charge in [0.25, 0.3) is 0 Å². The van der Waals surface area contributed by atoms with E-state index in [1.807, 2.05) is 0 Å². The van der Waals surface area contributed by atoms with Crippen LogP contribution in [0.5, 0.6) is 0 Å². The minimum atomic E-state index is -2.31. The zero-order chi connectivity index (χ0) is 9.40. The number of alkyl halides is 2. The molecule has 1 radical (unpaired) electrons. The van der Waals surface area contributed by atoms with Crippen LogP contribution in [0, 0.1) is 5.92 Å². The lowest BCUT2D eigenvalue weighted by Gasteiger charge is -2.08. The molecule has 12 heavy (non-hydrogen) atoms. The Morgan fingerprint density at radius 2 is 2.17 bits per heavy atom. The number of rotatable bonds is 6. The van der Waals surface area contributed by atoms with Gasteiger partial charge in [-0.25, -0.2) is 8.78 Å². The summed E-state index contributed by atoms with van der Waals surface area (Å²) in [5.74, 6) is 0.222. The Bertz CT molecular complexity index is 139. The average Bonchev–Trinajstić information content (AvgIpc) is 2.03. The Kier molecular flexibility index (Phi) is 6.63. The van der Waals surface area contributed by atoms with Crippen molar-refractivity contribution in [3.8, 4) is 0 Å². The van der Waals surface area contributed by atoms with Crippen molar-refractivity contribution in [2.45, 2.75) is 32.6 Å². The van der Waals surface area contributed by atoms with Gasteiger partial charge in [-0.15, -0.1) is 6.58 Å². The monoisotopic (exact) mass is 173 g/mol. The van der Waals surface area contributed by atoms with Crippen molar-refractivity contribution >= 4 is 0 Å². The quantitative estimate of drug-likeness (QED) is 0.424. The van der Waals surface area contributed by atoms with Gasteiger partial charge in [0, 0.05) is 0 Å². The van der Waals surface area contributed by atoms with Gasteiger partial charge in [0.05, 0.1) is 5.92 Å². The molecule has 0 aliphatic carbocycles. The molecule has 0 rings (SSSR count). The predicted octanol–water partition coefficient (Wildman–Crippen LogP) is 3.76. The summed E-state index contributed by atoms with van der Waals surface area (Å²) in [4.78, 5) is 0. The molecule has 0 spiro atoms. The van der Waals surface area contributed by atoms with Gasteiger partial charge >= 0.3 is 0 Å². The highest BCUT2D eigenvalue weighted by molar-refractivity contribution is 5.11. The molecule has 0 aliphatic heterocycles. The van der Waals surface area contributed by atoms with E-state index in [9.17, 15) is 8.78 Å². The lowest BCUT2D eigenvalue weighted by molar-refractivity contribution is 0.164. The van der Waals surface area contributed by atoms with Crippen LogP contribution in [0.3, 0.4) is 0 Å². The molecule has 0 aromatic rings. The molecule has 0 fully saturated rings. The van der Waals surface area contributed by atoms with E-state index in [4.69, 9.17) is 0 Å². The Morgan fingerprint density at radius 3 is 2.58 bits per heavy atom. The Hall–Kier alpha value is -0.660. The molecule has 0 unspecified atom stereocenters. The summed E-state index contributed by atoms with van der Waals surface area (Å²) in [5.41, 5.74) is 0. The highest BCUT2D eigenvalue weighted by atomic mass is 19.3. The first kappa shape index (κ1) is 11.3. The fourth-order valence-electron chi connectivity index (χ4n) is 0.930. The van der Waals surface area contributed by atoms with Crippen LogP contribution in [-0.2, 0) is 0 Å². The molecule has 0 N–H and O–H groups in total. The van der Waals surface area contributed by atoms with Crippen molar-refractivity contribution in [1.82, 2.24) is 0 Å². The third-order valence-electron chi connectivity index (χ3n) is 1.53. The van der Waals surface area contributed by atoms with Gasteiger partial charge in [-0.3, -0.25) is 0 Å². The van der Waals surface area contributed by atoms with Crippen molar-refractivity contribution in [3.63, 3.8) is 0 Å². The van der Waals surface area contributed by atoms with E-state index in [1.54, 1.807) is 19.1 Å². The van der Waals surface area contributed by atoms with Gasteiger partial charge in [0.2, 0.25) is 6.43 Å². The fraction of sp³-hybridized carbons (Fsp3) is 0.500. The number of unbranched alkanes of at least 4 members (excludes halogenated alkanes) is 1. The molecule has 2 heteroatoms. The SMILES string of the molecule is C=CCCC[C](/C=C/C)C(F)F. The maximum absolute atomic E-state index is 12.2. The molecule has 0 saturated heterocycles. The summed E-state index contributed by atoms with van der Waals surface area (Å²) in [6.45, 7) is 5.28. The van der Waals surface area contributed by atoms with Crippen LogP contribution in [0.2, 0.25) is 0 Å². The molecule has 0 bridgehead atoms. The first-order valence-electron chi connectivity index (χ1n) is 4.09. The Labute approximate surface area is 73.0 Å². The molecule has 0 saturated carbocycles. The summed E-state index contributed by atoms with van der Waals surface area (Å²) in [6.07, 6.45) is 4.60. The first-order chi connectivity index (χ1) is 5.72. The van der Waals surface area contributed by atoms with E-state index < -0.39 is 6.43 Å². The van der Waals surface area contributed by atoms with Gasteiger partial charge in [-0.1, -0.05) is 18.2 Å². The number of hydrogen-bond donors (Lipinski definition) is 0. The van der Waals surface area contributed by atoms with E-state index in [0.29, 0.717) is 6.42 Å². The zero-order valence-electron chi connectivity index (χ0n) is 7.39. The molecule has 0 heterocycles. The lowest BCUT2D eigenvalue weighted by Crippen LogP contribution is -2.05. The van der Waals surface area contributed by atoms with Crippen LogP contribution in [0.25, 0.3) is 0 Å². The van der Waals surface area contributed by atoms with E-state index in [2.05, 4.69) is 6.58 Å². The summed E-state index contributed by atoms with van der Waals surface area (Å²) in [7, 11) is 0. The Balaban J connectivity index is 3.71. The van der Waals surface area contributed by atoms with Gasteiger partial charge in [0.1, 0.15) is 0 Å². The van der Waals surface area contributed by atoms with Crippen LogP contribution in [0.1, 0.15) is 26.2 Å². The second-order valence-corrected chi connectivity index (χ2v) is 2.56. The van der Waals surface area contributed by atoms with E-state index in [-0.39, 0.29) is 5.92 Å². The standard InChI is InChI=1S/C10H15F2/c1-3-5-6-8-9(7-4-2)10(11)12/h3-4,7,10H,1,5-6,8H2,2H3/b7-4+. The number of halogens is 2. The highest BCUT2D eigenvalue weighted by Crippen LogP contribution is 2.20. The van der Waals surface area contributed by atoms with Crippen molar-refractivity contribution in [3.05, 3.63) is 30.7 Å². The number of allylic oxidation sites excluding steroid dienone is 3. The maximum atomic E-state index is 12.2. The molecule has 0 nitrogen and oxygen atoms in total. The normalized spacial score (nSPS) is 11.8. The summed E-state index contributed by atoms with van der Waals surface area (Å²) in [6, 6.07) is 0. The van der Waals surface area contributed by atoms with Crippen LogP contribution in [0.15, 0.2) is 24.8 Å². The van der Waals surface area contributed by atoms with E-state index in [1.165, 1.54) is 6.08 Å². The first-order valence-corrected chi connectivity index (χ1v) is 4.09. The average molecular weight is 173 g/mol. The summed E-state index contributed by atoms with van der Waals surface area (Å²) >= 11 is 0. The minimum Gasteiger partial charge on any atom is -0.209 e. The molecular weight excluding hydrogens is 158 g/mol. The molecule has 0 atom stereocenters. The molecule has 0 aromatic carbocycles. The summed E-state index contributed by atoms with van der Waals surface area (Å²) in [5, 5.41) is 0. The Morgan fingerprint density at radius 1 is 1.50 bits per heavy atom. The van der Waals surface area contributed by atoms with Crippen molar-refractivity contribution < 1.29 is 8.78 Å². The van der Waals surface area contributed by atoms with Gasteiger partial charge < -0.3 is 0 Å². The molecule has 0 aliphatic rings. The zero-order valence-corrected chi connectivity index (χ0v) is 7.39.